The first kappa shape index (κ1) is 24.1. The zero-order chi connectivity index (χ0) is 25.2. The Bertz CT molecular complexity index is 1480. The van der Waals surface area contributed by atoms with Gasteiger partial charge in [0.15, 0.2) is 0 Å². The number of aromatic nitrogens is 4. The molecule has 3 heterocycles. The Kier molecular flexibility index (Phi) is 6.82. The molecule has 7 nitrogen and oxygen atoms in total. The molecule has 8 heteroatoms. The molecular weight excluding hydrogens is 466 g/mol. The molecule has 36 heavy (non-hydrogen) atoms. The number of benzene rings is 1. The summed E-state index contributed by atoms with van der Waals surface area (Å²) in [5, 5.41) is 28.5. The van der Waals surface area contributed by atoms with Gasteiger partial charge in [0.05, 0.1) is 35.1 Å². The Balaban J connectivity index is 1.51. The van der Waals surface area contributed by atoms with Gasteiger partial charge in [-0.2, -0.15) is 20.7 Å². The van der Waals surface area contributed by atoms with Gasteiger partial charge in [-0.3, -0.25) is 4.68 Å². The second-order valence-corrected chi connectivity index (χ2v) is 10.5. The van der Waals surface area contributed by atoms with E-state index in [1.54, 1.807) is 10.7 Å². The molecule has 1 fully saturated rings. The summed E-state index contributed by atoms with van der Waals surface area (Å²) in [6.45, 7) is 5.44. The summed E-state index contributed by atoms with van der Waals surface area (Å²) in [4.78, 5) is 4.20. The maximum absolute atomic E-state index is 9.68. The van der Waals surface area contributed by atoms with Crippen molar-refractivity contribution in [1.29, 1.82) is 10.5 Å². The Hall–Kier alpha value is -3.59. The van der Waals surface area contributed by atoms with Crippen molar-refractivity contribution in [3.63, 3.8) is 0 Å². The number of rotatable bonds is 6. The van der Waals surface area contributed by atoms with Crippen LogP contribution < -0.4 is 0 Å². The molecule has 0 atom stereocenters. The van der Waals surface area contributed by atoms with E-state index >= 15 is 0 Å². The number of pyridine rings is 1. The molecule has 1 saturated carbocycles. The van der Waals surface area contributed by atoms with Crippen molar-refractivity contribution in [2.45, 2.75) is 61.4 Å². The second kappa shape index (κ2) is 10.2. The van der Waals surface area contributed by atoms with Crippen molar-refractivity contribution in [1.82, 2.24) is 24.3 Å². The third-order valence-corrected chi connectivity index (χ3v) is 8.52. The maximum atomic E-state index is 9.68. The van der Waals surface area contributed by atoms with Crippen LogP contribution in [-0.4, -0.2) is 43.9 Å². The van der Waals surface area contributed by atoms with Crippen LogP contribution in [0.3, 0.4) is 0 Å². The third kappa shape index (κ3) is 4.39. The highest BCUT2D eigenvalue weighted by atomic mass is 32.2. The van der Waals surface area contributed by atoms with Crippen molar-refractivity contribution < 1.29 is 0 Å². The van der Waals surface area contributed by atoms with E-state index in [9.17, 15) is 10.5 Å². The lowest BCUT2D eigenvalue weighted by Crippen LogP contribution is -2.35. The van der Waals surface area contributed by atoms with E-state index in [2.05, 4.69) is 53.8 Å². The van der Waals surface area contributed by atoms with Crippen LogP contribution in [-0.2, 0) is 0 Å². The number of nitrogens with zero attached hydrogens (tertiary/aromatic N) is 7. The van der Waals surface area contributed by atoms with Gasteiger partial charge in [0, 0.05) is 38.9 Å². The molecule has 1 aliphatic carbocycles. The molecule has 0 spiro atoms. The Morgan fingerprint density at radius 1 is 1.03 bits per heavy atom. The van der Waals surface area contributed by atoms with E-state index in [0.29, 0.717) is 23.2 Å². The van der Waals surface area contributed by atoms with Crippen LogP contribution in [0.1, 0.15) is 55.5 Å². The number of hydrogen-bond donors (Lipinski definition) is 0. The molecule has 0 unspecified atom stereocenters. The van der Waals surface area contributed by atoms with Crippen LogP contribution >= 0.6 is 11.8 Å². The Morgan fingerprint density at radius 3 is 2.50 bits per heavy atom. The standard InChI is InChI=1S/C28H29N7S/c1-4-33(3)23-9-11-24(12-10-23)35-19(2)25(17-32-35)21-13-27(28-22(15-30)16-31-34(28)18-21)36-26-8-6-5-7-20(26)14-29/h5-8,13,16-18,23-24H,4,9-12H2,1-3H3. The van der Waals surface area contributed by atoms with Gasteiger partial charge in [0.1, 0.15) is 12.1 Å². The summed E-state index contributed by atoms with van der Waals surface area (Å²) in [7, 11) is 2.22. The van der Waals surface area contributed by atoms with Gasteiger partial charge in [-0.05, 0) is 64.4 Å². The minimum Gasteiger partial charge on any atom is -0.304 e. The van der Waals surface area contributed by atoms with E-state index in [4.69, 9.17) is 5.10 Å². The smallest absolute Gasteiger partial charge is 0.103 e. The van der Waals surface area contributed by atoms with Crippen LogP contribution in [0.4, 0.5) is 0 Å². The molecule has 0 amide bonds. The summed E-state index contributed by atoms with van der Waals surface area (Å²) < 4.78 is 3.97. The maximum Gasteiger partial charge on any atom is 0.103 e. The summed E-state index contributed by atoms with van der Waals surface area (Å²) in [5.41, 5.74) is 5.08. The average Bonchev–Trinajstić information content (AvgIpc) is 3.51. The largest absolute Gasteiger partial charge is 0.304 e. The van der Waals surface area contributed by atoms with Crippen molar-refractivity contribution in [3.05, 3.63) is 65.7 Å². The molecule has 0 N–H and O–H groups in total. The molecule has 1 aromatic carbocycles. The van der Waals surface area contributed by atoms with E-state index in [-0.39, 0.29) is 0 Å². The molecule has 5 rings (SSSR count). The van der Waals surface area contributed by atoms with Crippen LogP contribution in [0, 0.1) is 29.6 Å². The highest BCUT2D eigenvalue weighted by Crippen LogP contribution is 2.39. The first-order valence-electron chi connectivity index (χ1n) is 12.4. The highest BCUT2D eigenvalue weighted by Gasteiger charge is 2.26. The zero-order valence-corrected chi connectivity index (χ0v) is 21.7. The Labute approximate surface area is 216 Å². The summed E-state index contributed by atoms with van der Waals surface area (Å²) in [6, 6.07) is 15.2. The lowest BCUT2D eigenvalue weighted by atomic mass is 9.90. The normalized spacial score (nSPS) is 17.8. The topological polar surface area (TPSA) is 85.9 Å². The van der Waals surface area contributed by atoms with Crippen LogP contribution in [0.2, 0.25) is 0 Å². The third-order valence-electron chi connectivity index (χ3n) is 7.41. The predicted octanol–water partition coefficient (Wildman–Crippen LogP) is 5.84. The molecule has 0 aliphatic heterocycles. The SMILES string of the molecule is CCN(C)C1CCC(n2ncc(-c3cc(Sc4ccccc4C#N)c4c(C#N)cnn4c3)c2C)CC1. The lowest BCUT2D eigenvalue weighted by molar-refractivity contribution is 0.168. The number of nitriles is 2. The van der Waals surface area contributed by atoms with Gasteiger partial charge in [0.2, 0.25) is 0 Å². The Morgan fingerprint density at radius 2 is 1.78 bits per heavy atom. The van der Waals surface area contributed by atoms with Crippen LogP contribution in [0.25, 0.3) is 16.6 Å². The first-order valence-corrected chi connectivity index (χ1v) is 13.2. The average molecular weight is 496 g/mol. The van der Waals surface area contributed by atoms with Gasteiger partial charge in [0.25, 0.3) is 0 Å². The first-order chi connectivity index (χ1) is 17.5. The van der Waals surface area contributed by atoms with Gasteiger partial charge in [-0.1, -0.05) is 30.8 Å². The monoisotopic (exact) mass is 495 g/mol. The summed E-state index contributed by atoms with van der Waals surface area (Å²) >= 11 is 1.49. The van der Waals surface area contributed by atoms with Gasteiger partial charge >= 0.3 is 0 Å². The van der Waals surface area contributed by atoms with Gasteiger partial charge in [-0.25, -0.2) is 4.52 Å². The van der Waals surface area contributed by atoms with Crippen LogP contribution in [0.5, 0.6) is 0 Å². The number of hydrogen-bond acceptors (Lipinski definition) is 6. The molecule has 0 radical (unpaired) electrons. The van der Waals surface area contributed by atoms with Crippen molar-refractivity contribution >= 4 is 17.3 Å². The molecule has 1 aliphatic rings. The minimum absolute atomic E-state index is 0.412. The molecule has 182 valence electrons. The van der Waals surface area contributed by atoms with Gasteiger partial charge in [-0.15, -0.1) is 0 Å². The summed E-state index contributed by atoms with van der Waals surface area (Å²) in [6.07, 6.45) is 10.2. The molecule has 3 aromatic heterocycles. The van der Waals surface area contributed by atoms with E-state index in [1.807, 2.05) is 36.7 Å². The lowest BCUT2D eigenvalue weighted by Gasteiger charge is -2.34. The van der Waals surface area contributed by atoms with Crippen LogP contribution in [0.15, 0.2) is 58.7 Å². The molecule has 0 saturated heterocycles. The van der Waals surface area contributed by atoms with Gasteiger partial charge < -0.3 is 4.90 Å². The highest BCUT2D eigenvalue weighted by molar-refractivity contribution is 7.99. The van der Waals surface area contributed by atoms with E-state index < -0.39 is 0 Å². The quantitative estimate of drug-likeness (QED) is 0.334. The van der Waals surface area contributed by atoms with E-state index in [0.717, 1.165) is 51.5 Å². The van der Waals surface area contributed by atoms with E-state index in [1.165, 1.54) is 24.6 Å². The second-order valence-electron chi connectivity index (χ2n) is 9.39. The molecule has 4 aromatic rings. The minimum atomic E-state index is 0.412. The molecule has 0 bridgehead atoms. The fourth-order valence-electron chi connectivity index (χ4n) is 5.23. The number of fused-ring (bicyclic) bond motifs is 1. The molecular formula is C28H29N7S. The summed E-state index contributed by atoms with van der Waals surface area (Å²) in [5.74, 6) is 0. The van der Waals surface area contributed by atoms with Crippen molar-refractivity contribution in [3.8, 4) is 23.3 Å². The van der Waals surface area contributed by atoms with Crippen molar-refractivity contribution in [2.24, 2.45) is 0 Å². The predicted molar refractivity (Wildman–Crippen MR) is 141 cm³/mol. The fraction of sp³-hybridized carbons (Fsp3) is 0.357. The zero-order valence-electron chi connectivity index (χ0n) is 20.8. The van der Waals surface area contributed by atoms with Crippen molar-refractivity contribution in [2.75, 3.05) is 13.6 Å². The fourth-order valence-corrected chi connectivity index (χ4v) is 6.33.